The van der Waals surface area contributed by atoms with Crippen molar-refractivity contribution in [2.24, 2.45) is 0 Å². The van der Waals surface area contributed by atoms with E-state index in [1.165, 1.54) is 0 Å². The van der Waals surface area contributed by atoms with Crippen molar-refractivity contribution in [2.45, 2.75) is 70.5 Å². The van der Waals surface area contributed by atoms with Crippen molar-refractivity contribution in [3.8, 4) is 0 Å². The third kappa shape index (κ3) is 15.0. The summed E-state index contributed by atoms with van der Waals surface area (Å²) in [5.74, 6) is -0.810. The van der Waals surface area contributed by atoms with E-state index in [-0.39, 0.29) is 6.42 Å². The van der Waals surface area contributed by atoms with Crippen LogP contribution in [0.2, 0.25) is 0 Å². The Morgan fingerprint density at radius 3 is 2.27 bits per heavy atom. The molecule has 0 rings (SSSR count). The van der Waals surface area contributed by atoms with Crippen molar-refractivity contribution < 1.29 is 20.1 Å². The second kappa shape index (κ2) is 14.5. The van der Waals surface area contributed by atoms with Crippen molar-refractivity contribution in [3.05, 3.63) is 36.5 Å². The Labute approximate surface area is 133 Å². The highest BCUT2D eigenvalue weighted by atomic mass is 16.4. The van der Waals surface area contributed by atoms with Crippen LogP contribution in [0.3, 0.4) is 0 Å². The molecule has 0 aromatic heterocycles. The first-order chi connectivity index (χ1) is 10.6. The number of hydrogen-bond acceptors (Lipinski definition) is 3. The zero-order chi connectivity index (χ0) is 16.6. The first kappa shape index (κ1) is 20.6. The van der Waals surface area contributed by atoms with E-state index in [2.05, 4.69) is 25.2 Å². The molecule has 0 aromatic carbocycles. The predicted octanol–water partition coefficient (Wildman–Crippen LogP) is 3.60. The summed E-state index contributed by atoms with van der Waals surface area (Å²) in [6.45, 7) is 2.10. The van der Waals surface area contributed by atoms with Crippen molar-refractivity contribution in [3.63, 3.8) is 0 Å². The van der Waals surface area contributed by atoms with Crippen LogP contribution in [0.1, 0.15) is 58.3 Å². The number of unbranched alkanes of at least 4 members (excludes halogenated alkanes) is 1. The first-order valence-corrected chi connectivity index (χ1v) is 8.10. The van der Waals surface area contributed by atoms with Gasteiger partial charge in [0.25, 0.3) is 0 Å². The summed E-state index contributed by atoms with van der Waals surface area (Å²) in [4.78, 5) is 10.3. The van der Waals surface area contributed by atoms with Crippen LogP contribution in [0.5, 0.6) is 0 Å². The van der Waals surface area contributed by atoms with Gasteiger partial charge in [-0.05, 0) is 32.1 Å². The topological polar surface area (TPSA) is 77.8 Å². The van der Waals surface area contributed by atoms with Gasteiger partial charge in [0.15, 0.2) is 0 Å². The van der Waals surface area contributed by atoms with Gasteiger partial charge in [-0.25, -0.2) is 0 Å². The van der Waals surface area contributed by atoms with Gasteiger partial charge < -0.3 is 15.3 Å². The number of carboxylic acid groups (broad SMARTS) is 1. The van der Waals surface area contributed by atoms with Gasteiger partial charge in [0.05, 0.1) is 12.2 Å². The second-order valence-electron chi connectivity index (χ2n) is 5.35. The number of carbonyl (C=O) groups is 1. The Bertz CT molecular complexity index is 358. The summed E-state index contributed by atoms with van der Waals surface area (Å²) < 4.78 is 0. The number of hydrogen-bond donors (Lipinski definition) is 3. The van der Waals surface area contributed by atoms with E-state index in [0.717, 1.165) is 19.3 Å². The van der Waals surface area contributed by atoms with Gasteiger partial charge in [0.1, 0.15) is 0 Å². The van der Waals surface area contributed by atoms with Gasteiger partial charge in [0, 0.05) is 12.8 Å². The Morgan fingerprint density at radius 1 is 1.00 bits per heavy atom. The summed E-state index contributed by atoms with van der Waals surface area (Å²) >= 11 is 0. The highest BCUT2D eigenvalue weighted by Crippen LogP contribution is 2.09. The van der Waals surface area contributed by atoms with Gasteiger partial charge in [-0.1, -0.05) is 49.8 Å². The minimum atomic E-state index is -0.810. The van der Waals surface area contributed by atoms with E-state index >= 15 is 0 Å². The predicted molar refractivity (Wildman–Crippen MR) is 89.7 cm³/mol. The van der Waals surface area contributed by atoms with E-state index in [1.54, 1.807) is 6.08 Å². The molecule has 4 nitrogen and oxygen atoms in total. The van der Waals surface area contributed by atoms with Crippen molar-refractivity contribution in [1.82, 2.24) is 0 Å². The van der Waals surface area contributed by atoms with Crippen molar-refractivity contribution in [1.29, 1.82) is 0 Å². The molecule has 0 saturated heterocycles. The molecule has 0 aliphatic carbocycles. The molecule has 2 unspecified atom stereocenters. The lowest BCUT2D eigenvalue weighted by atomic mass is 10.0. The Hall–Kier alpha value is -1.39. The summed E-state index contributed by atoms with van der Waals surface area (Å²) in [5.41, 5.74) is 0. The fourth-order valence-corrected chi connectivity index (χ4v) is 1.98. The fraction of sp³-hybridized carbons (Fsp3) is 0.611. The zero-order valence-corrected chi connectivity index (χ0v) is 13.5. The minimum Gasteiger partial charge on any atom is -0.481 e. The molecule has 0 aromatic rings. The monoisotopic (exact) mass is 310 g/mol. The summed E-state index contributed by atoms with van der Waals surface area (Å²) in [5, 5.41) is 28.0. The lowest BCUT2D eigenvalue weighted by Crippen LogP contribution is -2.15. The summed E-state index contributed by atoms with van der Waals surface area (Å²) in [6, 6.07) is 0. The van der Waals surface area contributed by atoms with Crippen LogP contribution in [0.4, 0.5) is 0 Å². The Balaban J connectivity index is 3.69. The summed E-state index contributed by atoms with van der Waals surface area (Å²) in [7, 11) is 0. The van der Waals surface area contributed by atoms with Crippen LogP contribution in [0.15, 0.2) is 36.5 Å². The lowest BCUT2D eigenvalue weighted by molar-refractivity contribution is -0.137. The number of allylic oxidation sites excluding steroid dienone is 5. The Kier molecular flexibility index (Phi) is 13.6. The molecule has 0 spiro atoms. The van der Waals surface area contributed by atoms with Crippen LogP contribution in [0, 0.1) is 0 Å². The minimum absolute atomic E-state index is 0.134. The molecular weight excluding hydrogens is 280 g/mol. The smallest absolute Gasteiger partial charge is 0.303 e. The van der Waals surface area contributed by atoms with Crippen LogP contribution in [0.25, 0.3) is 0 Å². The van der Waals surface area contributed by atoms with Crippen LogP contribution >= 0.6 is 0 Å². The molecule has 0 saturated carbocycles. The molecule has 3 N–H and O–H groups in total. The molecule has 0 fully saturated rings. The quantitative estimate of drug-likeness (QED) is 0.359. The fourth-order valence-electron chi connectivity index (χ4n) is 1.98. The molecule has 126 valence electrons. The van der Waals surface area contributed by atoms with Gasteiger partial charge in [-0.3, -0.25) is 4.79 Å². The van der Waals surface area contributed by atoms with E-state index < -0.39 is 18.2 Å². The van der Waals surface area contributed by atoms with E-state index in [0.29, 0.717) is 25.7 Å². The average molecular weight is 310 g/mol. The van der Waals surface area contributed by atoms with Gasteiger partial charge >= 0.3 is 5.97 Å². The Morgan fingerprint density at radius 2 is 1.64 bits per heavy atom. The van der Waals surface area contributed by atoms with Crippen LogP contribution in [-0.2, 0) is 4.79 Å². The maximum atomic E-state index is 10.3. The molecule has 22 heavy (non-hydrogen) atoms. The van der Waals surface area contributed by atoms with Crippen LogP contribution in [-0.4, -0.2) is 33.5 Å². The first-order valence-electron chi connectivity index (χ1n) is 8.10. The maximum absolute atomic E-state index is 10.3. The molecule has 2 atom stereocenters. The van der Waals surface area contributed by atoms with Crippen LogP contribution < -0.4 is 0 Å². The normalized spacial score (nSPS) is 15.0. The van der Waals surface area contributed by atoms with E-state index in [9.17, 15) is 15.0 Å². The van der Waals surface area contributed by atoms with Crippen molar-refractivity contribution in [2.75, 3.05) is 0 Å². The number of aliphatic hydroxyl groups is 2. The van der Waals surface area contributed by atoms with E-state index in [1.807, 2.05) is 12.2 Å². The largest absolute Gasteiger partial charge is 0.481 e. The SMILES string of the molecule is CCC=CCC=CCC=CC(O)CC(O)CCCCC(=O)O. The molecule has 0 aliphatic heterocycles. The van der Waals surface area contributed by atoms with Gasteiger partial charge in [-0.2, -0.15) is 0 Å². The number of rotatable bonds is 13. The molecule has 0 bridgehead atoms. The number of aliphatic hydroxyl groups excluding tert-OH is 2. The average Bonchev–Trinajstić information content (AvgIpc) is 2.46. The molecular formula is C18H30O4. The molecule has 0 radical (unpaired) electrons. The number of carboxylic acids is 1. The number of aliphatic carboxylic acids is 1. The van der Waals surface area contributed by atoms with E-state index in [4.69, 9.17) is 5.11 Å². The third-order valence-corrected chi connectivity index (χ3v) is 3.16. The molecule has 0 amide bonds. The van der Waals surface area contributed by atoms with Gasteiger partial charge in [-0.15, -0.1) is 0 Å². The highest BCUT2D eigenvalue weighted by Gasteiger charge is 2.09. The lowest BCUT2D eigenvalue weighted by Gasteiger charge is -2.12. The molecule has 0 heterocycles. The molecule has 4 heteroatoms. The highest BCUT2D eigenvalue weighted by molar-refractivity contribution is 5.66. The standard InChI is InChI=1S/C18H30O4/c1-2-3-4-5-6-7-8-9-12-16(19)15-17(20)13-10-11-14-18(21)22/h3-4,6-7,9,12,16-17,19-20H,2,5,8,10-11,13-15H2,1H3,(H,21,22). The van der Waals surface area contributed by atoms with Crippen molar-refractivity contribution >= 4 is 5.97 Å². The zero-order valence-electron chi connectivity index (χ0n) is 13.5. The summed E-state index contributed by atoms with van der Waals surface area (Å²) in [6.07, 6.45) is 15.7. The second-order valence-corrected chi connectivity index (χ2v) is 5.35. The van der Waals surface area contributed by atoms with Gasteiger partial charge in [0.2, 0.25) is 0 Å². The molecule has 0 aliphatic rings. The third-order valence-electron chi connectivity index (χ3n) is 3.16. The maximum Gasteiger partial charge on any atom is 0.303 e.